The highest BCUT2D eigenvalue weighted by Crippen LogP contribution is 2.44. The maximum atomic E-state index is 13.1. The number of furan rings is 1. The van der Waals surface area contributed by atoms with E-state index in [1.54, 1.807) is 48.5 Å². The van der Waals surface area contributed by atoms with Gasteiger partial charge in [0.25, 0.3) is 11.7 Å². The highest BCUT2D eigenvalue weighted by Gasteiger charge is 2.49. The Kier molecular flexibility index (Phi) is 4.91. The van der Waals surface area contributed by atoms with E-state index in [4.69, 9.17) is 9.15 Å². The number of benzene rings is 2. The number of nitrogens with zero attached hydrogens (tertiary/aromatic N) is 1. The standard InChI is InChI=1S/C24H21NO5/c1-14-10-11-16(13-15(14)2)22(26)20-21(19-9-6-12-30-19)25(24(28)23(20)27)17-7-4-5-8-18(17)29-3/h4-13,21,26H,1-3H3/b22-20-. The number of carbonyl (C=O) groups excluding carboxylic acids is 2. The predicted molar refractivity (Wildman–Crippen MR) is 112 cm³/mol. The highest BCUT2D eigenvalue weighted by molar-refractivity contribution is 6.51. The maximum absolute atomic E-state index is 13.1. The van der Waals surface area contributed by atoms with Gasteiger partial charge in [-0.1, -0.05) is 24.3 Å². The molecule has 1 N–H and O–H groups in total. The van der Waals surface area contributed by atoms with Gasteiger partial charge in [-0.2, -0.15) is 0 Å². The first-order valence-electron chi connectivity index (χ1n) is 9.49. The number of aliphatic hydroxyl groups excluding tert-OH is 1. The Morgan fingerprint density at radius 2 is 1.80 bits per heavy atom. The molecule has 6 heteroatoms. The van der Waals surface area contributed by atoms with E-state index in [9.17, 15) is 14.7 Å². The molecule has 0 radical (unpaired) electrons. The first-order valence-corrected chi connectivity index (χ1v) is 9.49. The van der Waals surface area contributed by atoms with Crippen LogP contribution in [0.15, 0.2) is 70.9 Å². The zero-order valence-electron chi connectivity index (χ0n) is 16.9. The summed E-state index contributed by atoms with van der Waals surface area (Å²) >= 11 is 0. The number of carbonyl (C=O) groups is 2. The van der Waals surface area contributed by atoms with Crippen molar-refractivity contribution in [1.29, 1.82) is 0 Å². The second-order valence-electron chi connectivity index (χ2n) is 7.16. The van der Waals surface area contributed by atoms with Crippen LogP contribution in [0.1, 0.15) is 28.5 Å². The number of para-hydroxylation sites is 2. The van der Waals surface area contributed by atoms with E-state index in [0.717, 1.165) is 11.1 Å². The SMILES string of the molecule is COc1ccccc1N1C(=O)C(=O)/C(=C(\O)c2ccc(C)c(C)c2)C1c1ccco1. The molecule has 1 fully saturated rings. The van der Waals surface area contributed by atoms with E-state index in [1.807, 2.05) is 19.9 Å². The van der Waals surface area contributed by atoms with E-state index >= 15 is 0 Å². The Morgan fingerprint density at radius 1 is 1.03 bits per heavy atom. The monoisotopic (exact) mass is 403 g/mol. The molecule has 2 heterocycles. The minimum absolute atomic E-state index is 0.0240. The number of amides is 1. The fourth-order valence-corrected chi connectivity index (χ4v) is 3.67. The fourth-order valence-electron chi connectivity index (χ4n) is 3.67. The van der Waals surface area contributed by atoms with Crippen molar-refractivity contribution in [3.05, 3.63) is 88.9 Å². The van der Waals surface area contributed by atoms with Gasteiger partial charge in [0.05, 0.1) is 24.6 Å². The average molecular weight is 403 g/mol. The number of ether oxygens (including phenoxy) is 1. The van der Waals surface area contributed by atoms with Gasteiger partial charge in [-0.25, -0.2) is 0 Å². The molecule has 6 nitrogen and oxygen atoms in total. The molecule has 1 saturated heterocycles. The van der Waals surface area contributed by atoms with Gasteiger partial charge >= 0.3 is 0 Å². The molecule has 0 aliphatic carbocycles. The third kappa shape index (κ3) is 3.06. The van der Waals surface area contributed by atoms with Crippen molar-refractivity contribution in [2.45, 2.75) is 19.9 Å². The molecular formula is C24H21NO5. The van der Waals surface area contributed by atoms with Gasteiger partial charge in [0.15, 0.2) is 0 Å². The summed E-state index contributed by atoms with van der Waals surface area (Å²) in [5.41, 5.74) is 2.88. The Morgan fingerprint density at radius 3 is 2.47 bits per heavy atom. The van der Waals surface area contributed by atoms with Gasteiger partial charge in [-0.3, -0.25) is 14.5 Å². The average Bonchev–Trinajstić information content (AvgIpc) is 3.37. The molecule has 1 amide bonds. The number of rotatable bonds is 4. The Bertz CT molecular complexity index is 1160. The lowest BCUT2D eigenvalue weighted by Crippen LogP contribution is -2.29. The molecule has 1 aromatic heterocycles. The maximum Gasteiger partial charge on any atom is 0.300 e. The topological polar surface area (TPSA) is 80.0 Å². The molecular weight excluding hydrogens is 382 g/mol. The third-order valence-corrected chi connectivity index (χ3v) is 5.38. The summed E-state index contributed by atoms with van der Waals surface area (Å²) in [6, 6.07) is 14.7. The van der Waals surface area contributed by atoms with Gasteiger partial charge in [-0.15, -0.1) is 0 Å². The van der Waals surface area contributed by atoms with Crippen LogP contribution in [0, 0.1) is 13.8 Å². The quantitative estimate of drug-likeness (QED) is 0.393. The molecule has 2 aromatic carbocycles. The molecule has 3 aromatic rings. The van der Waals surface area contributed by atoms with E-state index in [-0.39, 0.29) is 11.3 Å². The summed E-state index contributed by atoms with van der Waals surface area (Å²) in [6.45, 7) is 3.88. The lowest BCUT2D eigenvalue weighted by atomic mass is 9.97. The Balaban J connectivity index is 1.95. The number of hydrogen-bond donors (Lipinski definition) is 1. The molecule has 30 heavy (non-hydrogen) atoms. The molecule has 4 rings (SSSR count). The van der Waals surface area contributed by atoms with Crippen molar-refractivity contribution in [1.82, 2.24) is 0 Å². The number of Topliss-reactive ketones (excluding diaryl/α,β-unsaturated/α-hetero) is 1. The van der Waals surface area contributed by atoms with Crippen LogP contribution in [-0.2, 0) is 9.59 Å². The smallest absolute Gasteiger partial charge is 0.300 e. The lowest BCUT2D eigenvalue weighted by molar-refractivity contribution is -0.132. The minimum Gasteiger partial charge on any atom is -0.507 e. The van der Waals surface area contributed by atoms with Gasteiger partial charge in [0, 0.05) is 5.56 Å². The molecule has 1 atom stereocenters. The van der Waals surface area contributed by atoms with Crippen molar-refractivity contribution >= 4 is 23.1 Å². The first kappa shape index (κ1) is 19.5. The van der Waals surface area contributed by atoms with Crippen LogP contribution in [-0.4, -0.2) is 23.9 Å². The number of methoxy groups -OCH3 is 1. The molecule has 1 aliphatic heterocycles. The molecule has 0 saturated carbocycles. The Labute approximate surface area is 174 Å². The van der Waals surface area contributed by atoms with E-state index in [2.05, 4.69) is 0 Å². The summed E-state index contributed by atoms with van der Waals surface area (Å²) in [4.78, 5) is 27.5. The van der Waals surface area contributed by atoms with Gasteiger partial charge in [-0.05, 0) is 55.3 Å². The van der Waals surface area contributed by atoms with Gasteiger partial charge < -0.3 is 14.3 Å². The van der Waals surface area contributed by atoms with Crippen molar-refractivity contribution in [2.75, 3.05) is 12.0 Å². The van der Waals surface area contributed by atoms with Crippen LogP contribution >= 0.6 is 0 Å². The van der Waals surface area contributed by atoms with Gasteiger partial charge in [0.1, 0.15) is 23.3 Å². The number of aryl methyl sites for hydroxylation is 2. The van der Waals surface area contributed by atoms with Crippen molar-refractivity contribution in [3.63, 3.8) is 0 Å². The van der Waals surface area contributed by atoms with E-state index < -0.39 is 17.7 Å². The largest absolute Gasteiger partial charge is 0.507 e. The summed E-state index contributed by atoms with van der Waals surface area (Å²) in [5.74, 6) is -0.979. The van der Waals surface area contributed by atoms with Gasteiger partial charge in [0.2, 0.25) is 0 Å². The number of aliphatic hydroxyl groups is 1. The van der Waals surface area contributed by atoms with Crippen LogP contribution in [0.3, 0.4) is 0 Å². The normalized spacial score (nSPS) is 18.1. The second-order valence-corrected chi connectivity index (χ2v) is 7.16. The zero-order chi connectivity index (χ0) is 21.4. The summed E-state index contributed by atoms with van der Waals surface area (Å²) in [7, 11) is 1.49. The predicted octanol–water partition coefficient (Wildman–Crippen LogP) is 4.53. The van der Waals surface area contributed by atoms with Crippen LogP contribution in [0.25, 0.3) is 5.76 Å². The number of anilines is 1. The molecule has 0 bridgehead atoms. The van der Waals surface area contributed by atoms with Crippen molar-refractivity contribution in [3.8, 4) is 5.75 Å². The molecule has 152 valence electrons. The Hall–Kier alpha value is -3.80. The number of hydrogen-bond acceptors (Lipinski definition) is 5. The number of ketones is 1. The van der Waals surface area contributed by atoms with Crippen LogP contribution < -0.4 is 9.64 Å². The summed E-state index contributed by atoms with van der Waals surface area (Å²) in [6.07, 6.45) is 1.47. The van der Waals surface area contributed by atoms with Crippen molar-refractivity contribution < 1.29 is 23.8 Å². The molecule has 0 spiro atoms. The molecule has 1 unspecified atom stereocenters. The van der Waals surface area contributed by atoms with Crippen LogP contribution in [0.5, 0.6) is 5.75 Å². The fraction of sp³-hybridized carbons (Fsp3) is 0.167. The first-order chi connectivity index (χ1) is 14.4. The highest BCUT2D eigenvalue weighted by atomic mass is 16.5. The second kappa shape index (κ2) is 7.55. The molecule has 1 aliphatic rings. The lowest BCUT2D eigenvalue weighted by Gasteiger charge is -2.24. The van der Waals surface area contributed by atoms with E-state index in [0.29, 0.717) is 22.8 Å². The summed E-state index contributed by atoms with van der Waals surface area (Å²) in [5, 5.41) is 11.1. The van der Waals surface area contributed by atoms with Crippen molar-refractivity contribution in [2.24, 2.45) is 0 Å². The minimum atomic E-state index is -0.919. The zero-order valence-corrected chi connectivity index (χ0v) is 16.9. The van der Waals surface area contributed by atoms with Crippen LogP contribution in [0.4, 0.5) is 5.69 Å². The van der Waals surface area contributed by atoms with E-state index in [1.165, 1.54) is 18.3 Å². The summed E-state index contributed by atoms with van der Waals surface area (Å²) < 4.78 is 11.0. The van der Waals surface area contributed by atoms with Crippen LogP contribution in [0.2, 0.25) is 0 Å². The third-order valence-electron chi connectivity index (χ3n) is 5.38.